The van der Waals surface area contributed by atoms with Crippen LogP contribution in [-0.2, 0) is 13.1 Å². The fraction of sp³-hybridized carbons (Fsp3) is 0.250. The highest BCUT2D eigenvalue weighted by molar-refractivity contribution is 7.99. The molecule has 0 spiro atoms. The van der Waals surface area contributed by atoms with Gasteiger partial charge in [0.05, 0.1) is 25.3 Å². The number of nitrogens with one attached hydrogen (secondary N) is 2. The van der Waals surface area contributed by atoms with E-state index in [0.717, 1.165) is 29.1 Å². The van der Waals surface area contributed by atoms with Crippen molar-refractivity contribution < 1.29 is 4.74 Å². The highest BCUT2D eigenvalue weighted by Gasteiger charge is 2.16. The molecule has 0 aliphatic carbocycles. The van der Waals surface area contributed by atoms with Crippen LogP contribution in [-0.4, -0.2) is 32.4 Å². The van der Waals surface area contributed by atoms with E-state index in [4.69, 9.17) is 4.74 Å². The lowest BCUT2D eigenvalue weighted by Gasteiger charge is -2.10. The van der Waals surface area contributed by atoms with Gasteiger partial charge in [0.1, 0.15) is 11.3 Å². The Morgan fingerprint density at radius 2 is 2.00 bits per heavy atom. The second-order valence-electron chi connectivity index (χ2n) is 7.43. The summed E-state index contributed by atoms with van der Waals surface area (Å²) in [7, 11) is 1.64. The molecule has 8 nitrogen and oxygen atoms in total. The Labute approximate surface area is 195 Å². The number of hydrogen-bond acceptors (Lipinski definition) is 7. The fourth-order valence-corrected chi connectivity index (χ4v) is 4.09. The summed E-state index contributed by atoms with van der Waals surface area (Å²) in [6.45, 7) is 2.94. The van der Waals surface area contributed by atoms with Gasteiger partial charge in [-0.1, -0.05) is 43.0 Å². The predicted molar refractivity (Wildman–Crippen MR) is 130 cm³/mol. The molecular weight excluding hydrogens is 436 g/mol. The van der Waals surface area contributed by atoms with Gasteiger partial charge >= 0.3 is 5.69 Å². The molecule has 168 valence electrons. The van der Waals surface area contributed by atoms with Crippen LogP contribution in [0.1, 0.15) is 30.0 Å². The SMILES string of the molecule is CCCSc1nc(NCc2ccc(OC)cc2)c2[nH]c(=O)n(Cc3cccc(C#N)c3)c2n1. The molecule has 0 amide bonds. The topological polar surface area (TPSA) is 109 Å². The first-order valence-corrected chi connectivity index (χ1v) is 11.6. The van der Waals surface area contributed by atoms with E-state index in [1.54, 1.807) is 35.6 Å². The summed E-state index contributed by atoms with van der Waals surface area (Å²) in [6, 6.07) is 17.1. The monoisotopic (exact) mass is 460 g/mol. The molecule has 0 bridgehead atoms. The van der Waals surface area contributed by atoms with Crippen LogP contribution >= 0.6 is 11.8 Å². The van der Waals surface area contributed by atoms with Crippen molar-refractivity contribution in [2.75, 3.05) is 18.2 Å². The maximum Gasteiger partial charge on any atom is 0.328 e. The van der Waals surface area contributed by atoms with Crippen LogP contribution in [0.5, 0.6) is 5.75 Å². The lowest BCUT2D eigenvalue weighted by atomic mass is 10.1. The Morgan fingerprint density at radius 3 is 2.73 bits per heavy atom. The molecule has 4 rings (SSSR count). The molecule has 9 heteroatoms. The van der Waals surface area contributed by atoms with Crippen LogP contribution in [0, 0.1) is 11.3 Å². The number of methoxy groups -OCH3 is 1. The maximum absolute atomic E-state index is 12.8. The summed E-state index contributed by atoms with van der Waals surface area (Å²) in [5, 5.41) is 13.1. The van der Waals surface area contributed by atoms with Gasteiger partial charge in [-0.3, -0.25) is 4.57 Å². The van der Waals surface area contributed by atoms with E-state index in [9.17, 15) is 10.1 Å². The molecule has 0 saturated carbocycles. The minimum Gasteiger partial charge on any atom is -0.497 e. The van der Waals surface area contributed by atoms with Gasteiger partial charge in [-0.05, 0) is 41.8 Å². The average Bonchev–Trinajstić information content (AvgIpc) is 3.16. The van der Waals surface area contributed by atoms with E-state index in [0.29, 0.717) is 40.8 Å². The predicted octanol–water partition coefficient (Wildman–Crippen LogP) is 4.16. The van der Waals surface area contributed by atoms with Gasteiger partial charge in [0.25, 0.3) is 0 Å². The van der Waals surface area contributed by atoms with E-state index in [1.807, 2.05) is 36.4 Å². The van der Waals surface area contributed by atoms with Crippen LogP contribution < -0.4 is 15.7 Å². The molecule has 33 heavy (non-hydrogen) atoms. The van der Waals surface area contributed by atoms with Crippen molar-refractivity contribution in [2.24, 2.45) is 0 Å². The second kappa shape index (κ2) is 10.2. The number of nitrogens with zero attached hydrogens (tertiary/aromatic N) is 4. The minimum atomic E-state index is -0.271. The third kappa shape index (κ3) is 5.18. The van der Waals surface area contributed by atoms with E-state index in [-0.39, 0.29) is 5.69 Å². The molecule has 0 aliphatic rings. The Morgan fingerprint density at radius 1 is 1.18 bits per heavy atom. The third-order valence-corrected chi connectivity index (χ3v) is 6.11. The van der Waals surface area contributed by atoms with Crippen molar-refractivity contribution in [3.8, 4) is 11.8 Å². The molecule has 2 aromatic carbocycles. The Bertz CT molecular complexity index is 1350. The van der Waals surface area contributed by atoms with Crippen LogP contribution in [0.2, 0.25) is 0 Å². The zero-order chi connectivity index (χ0) is 23.2. The molecule has 2 N–H and O–H groups in total. The van der Waals surface area contributed by atoms with Gasteiger partial charge < -0.3 is 15.0 Å². The van der Waals surface area contributed by atoms with Gasteiger partial charge in [0, 0.05) is 12.3 Å². The summed E-state index contributed by atoms with van der Waals surface area (Å²) < 4.78 is 6.80. The standard InChI is InChI=1S/C24H24N6O2S/c1-3-11-33-23-28-21(26-14-16-7-9-19(32-2)10-8-16)20-22(29-23)30(24(31)27-20)15-18-6-4-5-17(12-18)13-25/h4-10,12H,3,11,14-15H2,1-2H3,(H,27,31)(H,26,28,29). The van der Waals surface area contributed by atoms with Gasteiger partial charge in [-0.15, -0.1) is 0 Å². The summed E-state index contributed by atoms with van der Waals surface area (Å²) in [6.07, 6.45) is 0.988. The number of hydrogen-bond donors (Lipinski definition) is 2. The third-order valence-electron chi connectivity index (χ3n) is 5.05. The molecule has 2 aromatic heterocycles. The number of nitriles is 1. The van der Waals surface area contributed by atoms with Crippen molar-refractivity contribution >= 4 is 28.7 Å². The fourth-order valence-electron chi connectivity index (χ4n) is 3.39. The van der Waals surface area contributed by atoms with Crippen LogP contribution in [0.25, 0.3) is 11.2 Å². The number of aromatic nitrogens is 4. The maximum atomic E-state index is 12.8. The number of thioether (sulfide) groups is 1. The Kier molecular flexibility index (Phi) is 6.95. The second-order valence-corrected chi connectivity index (χ2v) is 8.49. The molecule has 0 saturated heterocycles. The zero-order valence-corrected chi connectivity index (χ0v) is 19.3. The van der Waals surface area contributed by atoms with Gasteiger partial charge in [-0.25, -0.2) is 14.8 Å². The molecule has 0 fully saturated rings. The highest BCUT2D eigenvalue weighted by atomic mass is 32.2. The Balaban J connectivity index is 1.70. The smallest absolute Gasteiger partial charge is 0.328 e. The first kappa shape index (κ1) is 22.4. The number of fused-ring (bicyclic) bond motifs is 1. The summed E-state index contributed by atoms with van der Waals surface area (Å²) in [5.41, 5.74) is 3.29. The molecule has 2 heterocycles. The van der Waals surface area contributed by atoms with Gasteiger partial charge in [-0.2, -0.15) is 5.26 Å². The lowest BCUT2D eigenvalue weighted by molar-refractivity contribution is 0.414. The summed E-state index contributed by atoms with van der Waals surface area (Å²) in [4.78, 5) is 25.1. The molecule has 0 aliphatic heterocycles. The number of benzene rings is 2. The van der Waals surface area contributed by atoms with Crippen LogP contribution in [0.15, 0.2) is 58.5 Å². The van der Waals surface area contributed by atoms with E-state index >= 15 is 0 Å². The normalized spacial score (nSPS) is 10.8. The van der Waals surface area contributed by atoms with Crippen molar-refractivity contribution in [2.45, 2.75) is 31.6 Å². The average molecular weight is 461 g/mol. The molecule has 0 unspecified atom stereocenters. The van der Waals surface area contributed by atoms with Crippen LogP contribution in [0.3, 0.4) is 0 Å². The molecule has 0 atom stereocenters. The molecule has 4 aromatic rings. The molecule has 0 radical (unpaired) electrons. The Hall–Kier alpha value is -3.77. The van der Waals surface area contributed by atoms with Gasteiger partial charge in [0.2, 0.25) is 0 Å². The van der Waals surface area contributed by atoms with Crippen molar-refractivity contribution in [3.05, 3.63) is 75.7 Å². The number of imidazole rings is 1. The van der Waals surface area contributed by atoms with Crippen molar-refractivity contribution in [1.29, 1.82) is 5.26 Å². The van der Waals surface area contributed by atoms with Crippen LogP contribution in [0.4, 0.5) is 5.82 Å². The number of aromatic amines is 1. The largest absolute Gasteiger partial charge is 0.497 e. The van der Waals surface area contributed by atoms with E-state index < -0.39 is 0 Å². The summed E-state index contributed by atoms with van der Waals surface area (Å²) in [5.74, 6) is 2.25. The number of rotatable bonds is 9. The van der Waals surface area contributed by atoms with E-state index in [2.05, 4.69) is 33.3 Å². The number of H-pyrrole nitrogens is 1. The van der Waals surface area contributed by atoms with Gasteiger partial charge in [0.15, 0.2) is 16.6 Å². The van der Waals surface area contributed by atoms with E-state index in [1.165, 1.54) is 0 Å². The lowest BCUT2D eigenvalue weighted by Crippen LogP contribution is -2.17. The highest BCUT2D eigenvalue weighted by Crippen LogP contribution is 2.24. The first-order chi connectivity index (χ1) is 16.1. The number of ether oxygens (including phenoxy) is 1. The van der Waals surface area contributed by atoms with Crippen molar-refractivity contribution in [3.63, 3.8) is 0 Å². The number of anilines is 1. The molecular formula is C24H24N6O2S. The van der Waals surface area contributed by atoms with Crippen molar-refractivity contribution in [1.82, 2.24) is 19.5 Å². The zero-order valence-electron chi connectivity index (χ0n) is 18.5. The minimum absolute atomic E-state index is 0.271. The quantitative estimate of drug-likeness (QED) is 0.285. The summed E-state index contributed by atoms with van der Waals surface area (Å²) >= 11 is 1.56. The first-order valence-electron chi connectivity index (χ1n) is 10.6.